The van der Waals surface area contributed by atoms with E-state index >= 15 is 0 Å². The lowest BCUT2D eigenvalue weighted by Gasteiger charge is -2.06. The highest BCUT2D eigenvalue weighted by Gasteiger charge is 2.22. The van der Waals surface area contributed by atoms with Crippen molar-refractivity contribution in [1.29, 1.82) is 0 Å². The lowest BCUT2D eigenvalue weighted by molar-refractivity contribution is 0.863. The van der Waals surface area contributed by atoms with E-state index in [4.69, 9.17) is 0 Å². The van der Waals surface area contributed by atoms with E-state index in [1.807, 2.05) is 11.8 Å². The number of halogens is 1. The fourth-order valence-corrected chi connectivity index (χ4v) is 2.98. The molecule has 3 heteroatoms. The van der Waals surface area contributed by atoms with Crippen LogP contribution in [0.25, 0.3) is 0 Å². The van der Waals surface area contributed by atoms with Gasteiger partial charge in [-0.2, -0.15) is 11.8 Å². The van der Waals surface area contributed by atoms with Crippen molar-refractivity contribution in [2.75, 3.05) is 19.3 Å². The maximum Gasteiger partial charge on any atom is 0.0365 e. The molecule has 48 valence electrons. The molecular weight excluding hydrogens is 233 g/mol. The SMILES string of the molecule is CSC1CNCC1I. The number of rotatable bonds is 1. The van der Waals surface area contributed by atoms with Crippen LogP contribution in [-0.2, 0) is 0 Å². The van der Waals surface area contributed by atoms with Gasteiger partial charge in [-0.15, -0.1) is 0 Å². The summed E-state index contributed by atoms with van der Waals surface area (Å²) in [6.07, 6.45) is 2.18. The van der Waals surface area contributed by atoms with Crippen molar-refractivity contribution in [3.8, 4) is 0 Å². The van der Waals surface area contributed by atoms with E-state index in [1.165, 1.54) is 13.1 Å². The molecule has 8 heavy (non-hydrogen) atoms. The minimum Gasteiger partial charge on any atom is -0.315 e. The Morgan fingerprint density at radius 2 is 2.38 bits per heavy atom. The Labute approximate surface area is 68.1 Å². The molecule has 1 aliphatic heterocycles. The molecule has 0 aromatic rings. The van der Waals surface area contributed by atoms with Crippen molar-refractivity contribution in [2.24, 2.45) is 0 Å². The van der Waals surface area contributed by atoms with E-state index in [-0.39, 0.29) is 0 Å². The summed E-state index contributed by atoms with van der Waals surface area (Å²) in [5.74, 6) is 0. The van der Waals surface area contributed by atoms with Crippen LogP contribution in [0.15, 0.2) is 0 Å². The summed E-state index contributed by atoms with van der Waals surface area (Å²) in [6.45, 7) is 2.40. The van der Waals surface area contributed by atoms with Crippen LogP contribution in [-0.4, -0.2) is 28.5 Å². The highest BCUT2D eigenvalue weighted by molar-refractivity contribution is 14.1. The Balaban J connectivity index is 2.30. The molecule has 0 aromatic carbocycles. The van der Waals surface area contributed by atoms with Crippen molar-refractivity contribution in [3.05, 3.63) is 0 Å². The van der Waals surface area contributed by atoms with Crippen LogP contribution in [0.3, 0.4) is 0 Å². The van der Waals surface area contributed by atoms with Gasteiger partial charge in [0.2, 0.25) is 0 Å². The van der Waals surface area contributed by atoms with Crippen molar-refractivity contribution in [1.82, 2.24) is 5.32 Å². The third kappa shape index (κ3) is 1.51. The number of hydrogen-bond donors (Lipinski definition) is 1. The molecule has 1 saturated heterocycles. The van der Waals surface area contributed by atoms with Crippen LogP contribution in [0.1, 0.15) is 0 Å². The summed E-state index contributed by atoms with van der Waals surface area (Å²) < 4.78 is 0.850. The predicted octanol–water partition coefficient (Wildman–Crippen LogP) is 1.12. The van der Waals surface area contributed by atoms with Crippen LogP contribution in [0.2, 0.25) is 0 Å². The first-order chi connectivity index (χ1) is 3.84. The lowest BCUT2D eigenvalue weighted by atomic mass is 10.4. The predicted molar refractivity (Wildman–Crippen MR) is 48.0 cm³/mol. The topological polar surface area (TPSA) is 12.0 Å². The van der Waals surface area contributed by atoms with Crippen LogP contribution in [0.4, 0.5) is 0 Å². The van der Waals surface area contributed by atoms with Gasteiger partial charge in [0.05, 0.1) is 0 Å². The Hall–Kier alpha value is 1.04. The summed E-state index contributed by atoms with van der Waals surface area (Å²) in [5, 5.41) is 4.20. The van der Waals surface area contributed by atoms with Gasteiger partial charge < -0.3 is 5.32 Å². The Morgan fingerprint density at radius 1 is 1.62 bits per heavy atom. The number of alkyl halides is 1. The largest absolute Gasteiger partial charge is 0.315 e. The van der Waals surface area contributed by atoms with Gasteiger partial charge >= 0.3 is 0 Å². The van der Waals surface area contributed by atoms with E-state index < -0.39 is 0 Å². The lowest BCUT2D eigenvalue weighted by Crippen LogP contribution is -2.12. The molecule has 0 bridgehead atoms. The average Bonchev–Trinajstić information content (AvgIpc) is 2.14. The molecule has 2 atom stereocenters. The molecule has 1 aliphatic rings. The second-order valence-corrected chi connectivity index (χ2v) is 4.63. The summed E-state index contributed by atoms with van der Waals surface area (Å²) in [6, 6.07) is 0. The molecule has 1 fully saturated rings. The van der Waals surface area contributed by atoms with Crippen LogP contribution in [0.5, 0.6) is 0 Å². The minimum absolute atomic E-state index is 0.850. The average molecular weight is 243 g/mol. The molecule has 0 amide bonds. The fraction of sp³-hybridized carbons (Fsp3) is 1.00. The third-order valence-corrected chi connectivity index (χ3v) is 4.29. The van der Waals surface area contributed by atoms with Crippen LogP contribution < -0.4 is 5.32 Å². The van der Waals surface area contributed by atoms with Gasteiger partial charge in [0.1, 0.15) is 0 Å². The van der Waals surface area contributed by atoms with Gasteiger partial charge in [-0.3, -0.25) is 0 Å². The molecule has 2 unspecified atom stereocenters. The Morgan fingerprint density at radius 3 is 2.62 bits per heavy atom. The number of hydrogen-bond acceptors (Lipinski definition) is 2. The van der Waals surface area contributed by atoms with Gasteiger partial charge in [0.25, 0.3) is 0 Å². The molecule has 0 radical (unpaired) electrons. The maximum atomic E-state index is 3.34. The first kappa shape index (κ1) is 7.15. The van der Waals surface area contributed by atoms with E-state index in [0.29, 0.717) is 0 Å². The third-order valence-electron chi connectivity index (χ3n) is 1.39. The van der Waals surface area contributed by atoms with E-state index in [9.17, 15) is 0 Å². The van der Waals surface area contributed by atoms with Crippen LogP contribution in [0, 0.1) is 0 Å². The zero-order valence-corrected chi connectivity index (χ0v) is 7.83. The number of nitrogens with one attached hydrogen (secondary N) is 1. The van der Waals surface area contributed by atoms with Gasteiger partial charge in [0, 0.05) is 22.3 Å². The molecule has 1 heterocycles. The van der Waals surface area contributed by atoms with Crippen molar-refractivity contribution >= 4 is 34.4 Å². The summed E-state index contributed by atoms with van der Waals surface area (Å²) >= 11 is 4.48. The zero-order valence-electron chi connectivity index (χ0n) is 4.86. The first-order valence-corrected chi connectivity index (χ1v) is 5.25. The highest BCUT2D eigenvalue weighted by atomic mass is 127. The second-order valence-electron chi connectivity index (χ2n) is 1.95. The second kappa shape index (κ2) is 3.27. The molecule has 1 nitrogen and oxygen atoms in total. The van der Waals surface area contributed by atoms with Gasteiger partial charge in [-0.25, -0.2) is 0 Å². The van der Waals surface area contributed by atoms with E-state index in [1.54, 1.807) is 0 Å². The molecule has 0 saturated carbocycles. The quantitative estimate of drug-likeness (QED) is 0.547. The summed E-state index contributed by atoms with van der Waals surface area (Å²) in [5.41, 5.74) is 0. The summed E-state index contributed by atoms with van der Waals surface area (Å²) in [4.78, 5) is 0. The number of thioether (sulfide) groups is 1. The Bertz CT molecular complexity index is 78.8. The fourth-order valence-electron chi connectivity index (χ4n) is 0.854. The van der Waals surface area contributed by atoms with E-state index in [0.717, 1.165) is 9.17 Å². The normalized spacial score (nSPS) is 38.2. The molecule has 0 aromatic heterocycles. The van der Waals surface area contributed by atoms with Crippen molar-refractivity contribution < 1.29 is 0 Å². The van der Waals surface area contributed by atoms with Gasteiger partial charge in [0.15, 0.2) is 0 Å². The van der Waals surface area contributed by atoms with E-state index in [2.05, 4.69) is 34.2 Å². The Kier molecular flexibility index (Phi) is 2.92. The smallest absolute Gasteiger partial charge is 0.0365 e. The molecular formula is C5H10INS. The molecule has 1 N–H and O–H groups in total. The zero-order chi connectivity index (χ0) is 5.98. The van der Waals surface area contributed by atoms with Gasteiger partial charge in [-0.1, -0.05) is 22.6 Å². The highest BCUT2D eigenvalue weighted by Crippen LogP contribution is 2.20. The molecule has 0 spiro atoms. The summed E-state index contributed by atoms with van der Waals surface area (Å²) in [7, 11) is 0. The molecule has 0 aliphatic carbocycles. The van der Waals surface area contributed by atoms with Crippen LogP contribution >= 0.6 is 34.4 Å². The van der Waals surface area contributed by atoms with Gasteiger partial charge in [-0.05, 0) is 6.26 Å². The first-order valence-electron chi connectivity index (χ1n) is 2.72. The monoisotopic (exact) mass is 243 g/mol. The maximum absolute atomic E-state index is 3.34. The molecule has 1 rings (SSSR count). The standard InChI is InChI=1S/C5H10INS/c1-8-5-3-7-2-4(5)6/h4-5,7H,2-3H2,1H3. The van der Waals surface area contributed by atoms with Crippen molar-refractivity contribution in [2.45, 2.75) is 9.17 Å². The minimum atomic E-state index is 0.850. The van der Waals surface area contributed by atoms with Crippen molar-refractivity contribution in [3.63, 3.8) is 0 Å².